The second kappa shape index (κ2) is 7.30. The van der Waals surface area contributed by atoms with Crippen LogP contribution >= 0.6 is 0 Å². The SMILES string of the molecule is COc1ccc(C(=O)CC(=O)c2ccccc2)cc1OC(C)(C)C. The summed E-state index contributed by atoms with van der Waals surface area (Å²) in [6.07, 6.45) is -0.175. The van der Waals surface area contributed by atoms with Gasteiger partial charge in [0, 0.05) is 11.1 Å². The van der Waals surface area contributed by atoms with Gasteiger partial charge in [-0.25, -0.2) is 0 Å². The average molecular weight is 326 g/mol. The average Bonchev–Trinajstić information content (AvgIpc) is 2.54. The van der Waals surface area contributed by atoms with Crippen LogP contribution in [0.1, 0.15) is 47.9 Å². The van der Waals surface area contributed by atoms with Gasteiger partial charge in [-0.1, -0.05) is 30.3 Å². The quantitative estimate of drug-likeness (QED) is 0.586. The van der Waals surface area contributed by atoms with Crippen molar-refractivity contribution < 1.29 is 19.1 Å². The fourth-order valence-electron chi connectivity index (χ4n) is 2.23. The molecule has 0 radical (unpaired) electrons. The van der Waals surface area contributed by atoms with Gasteiger partial charge in [-0.2, -0.15) is 0 Å². The molecule has 24 heavy (non-hydrogen) atoms. The molecule has 0 aromatic heterocycles. The van der Waals surface area contributed by atoms with Crippen molar-refractivity contribution in [1.82, 2.24) is 0 Å². The number of ether oxygens (including phenoxy) is 2. The fraction of sp³-hybridized carbons (Fsp3) is 0.300. The van der Waals surface area contributed by atoms with Crippen LogP contribution in [0, 0.1) is 0 Å². The van der Waals surface area contributed by atoms with Crippen molar-refractivity contribution in [3.8, 4) is 11.5 Å². The normalized spacial score (nSPS) is 11.0. The van der Waals surface area contributed by atoms with E-state index in [-0.39, 0.29) is 18.0 Å². The number of carbonyl (C=O) groups excluding carboxylic acids is 2. The van der Waals surface area contributed by atoms with Crippen LogP contribution in [0.5, 0.6) is 11.5 Å². The molecular formula is C20H22O4. The van der Waals surface area contributed by atoms with Crippen LogP contribution < -0.4 is 9.47 Å². The highest BCUT2D eigenvalue weighted by Gasteiger charge is 2.19. The van der Waals surface area contributed by atoms with Gasteiger partial charge in [0.2, 0.25) is 0 Å². The summed E-state index contributed by atoms with van der Waals surface area (Å²) in [4.78, 5) is 24.6. The Bertz CT molecular complexity index is 727. The van der Waals surface area contributed by atoms with Crippen molar-refractivity contribution in [3.63, 3.8) is 0 Å². The molecule has 0 bridgehead atoms. The summed E-state index contributed by atoms with van der Waals surface area (Å²) in [5, 5.41) is 0. The summed E-state index contributed by atoms with van der Waals surface area (Å²) in [5.74, 6) is 0.596. The predicted octanol–water partition coefficient (Wildman–Crippen LogP) is 4.33. The highest BCUT2D eigenvalue weighted by atomic mass is 16.5. The number of methoxy groups -OCH3 is 1. The van der Waals surface area contributed by atoms with Crippen LogP contribution in [0.4, 0.5) is 0 Å². The van der Waals surface area contributed by atoms with E-state index in [0.29, 0.717) is 22.6 Å². The van der Waals surface area contributed by atoms with E-state index in [4.69, 9.17) is 9.47 Å². The minimum absolute atomic E-state index is 0.175. The van der Waals surface area contributed by atoms with E-state index in [0.717, 1.165) is 0 Å². The third-order valence-corrected chi connectivity index (χ3v) is 3.32. The molecule has 4 nitrogen and oxygen atoms in total. The maximum absolute atomic E-state index is 12.4. The van der Waals surface area contributed by atoms with Crippen molar-refractivity contribution >= 4 is 11.6 Å². The Morgan fingerprint density at radius 3 is 2.08 bits per heavy atom. The first-order valence-electron chi connectivity index (χ1n) is 7.78. The Balaban J connectivity index is 2.20. The first-order chi connectivity index (χ1) is 11.3. The molecule has 0 N–H and O–H groups in total. The lowest BCUT2D eigenvalue weighted by Crippen LogP contribution is -2.23. The zero-order chi connectivity index (χ0) is 17.7. The van der Waals surface area contributed by atoms with Gasteiger partial charge in [0.1, 0.15) is 5.60 Å². The molecule has 0 aliphatic carbocycles. The smallest absolute Gasteiger partial charge is 0.170 e. The van der Waals surface area contributed by atoms with Gasteiger partial charge in [0.05, 0.1) is 13.5 Å². The minimum Gasteiger partial charge on any atom is -0.493 e. The van der Waals surface area contributed by atoms with E-state index >= 15 is 0 Å². The van der Waals surface area contributed by atoms with E-state index in [1.54, 1.807) is 49.6 Å². The van der Waals surface area contributed by atoms with Crippen molar-refractivity contribution in [3.05, 3.63) is 59.7 Å². The maximum atomic E-state index is 12.4. The minimum atomic E-state index is -0.422. The maximum Gasteiger partial charge on any atom is 0.170 e. The van der Waals surface area contributed by atoms with Gasteiger partial charge in [0.15, 0.2) is 23.1 Å². The monoisotopic (exact) mass is 326 g/mol. The molecule has 0 aliphatic rings. The third-order valence-electron chi connectivity index (χ3n) is 3.32. The summed E-state index contributed by atoms with van der Waals surface area (Å²) >= 11 is 0. The topological polar surface area (TPSA) is 52.6 Å². The number of carbonyl (C=O) groups is 2. The first-order valence-corrected chi connectivity index (χ1v) is 7.78. The number of Topliss-reactive ketones (excluding diaryl/α,β-unsaturated/α-hetero) is 2. The lowest BCUT2D eigenvalue weighted by Gasteiger charge is -2.23. The highest BCUT2D eigenvalue weighted by molar-refractivity contribution is 6.13. The zero-order valence-electron chi connectivity index (χ0n) is 14.5. The lowest BCUT2D eigenvalue weighted by atomic mass is 10.0. The van der Waals surface area contributed by atoms with Gasteiger partial charge >= 0.3 is 0 Å². The summed E-state index contributed by atoms with van der Waals surface area (Å²) in [7, 11) is 1.55. The molecular weight excluding hydrogens is 304 g/mol. The summed E-state index contributed by atoms with van der Waals surface area (Å²) < 4.78 is 11.1. The zero-order valence-corrected chi connectivity index (χ0v) is 14.5. The van der Waals surface area contributed by atoms with Crippen molar-refractivity contribution in [1.29, 1.82) is 0 Å². The van der Waals surface area contributed by atoms with Crippen LogP contribution in [-0.4, -0.2) is 24.3 Å². The highest BCUT2D eigenvalue weighted by Crippen LogP contribution is 2.31. The molecule has 0 spiro atoms. The Kier molecular flexibility index (Phi) is 5.39. The molecule has 126 valence electrons. The van der Waals surface area contributed by atoms with Crippen LogP contribution in [-0.2, 0) is 0 Å². The third kappa shape index (κ3) is 4.69. The van der Waals surface area contributed by atoms with Gasteiger partial charge in [-0.15, -0.1) is 0 Å². The van der Waals surface area contributed by atoms with Crippen LogP contribution in [0.2, 0.25) is 0 Å². The van der Waals surface area contributed by atoms with E-state index < -0.39 is 5.60 Å². The summed E-state index contributed by atoms with van der Waals surface area (Å²) in [6.45, 7) is 5.75. The molecule has 0 aliphatic heterocycles. The number of hydrogen-bond donors (Lipinski definition) is 0. The van der Waals surface area contributed by atoms with Gasteiger partial charge in [-0.05, 0) is 39.0 Å². The molecule has 0 fully saturated rings. The molecule has 2 rings (SSSR count). The van der Waals surface area contributed by atoms with E-state index in [1.807, 2.05) is 26.8 Å². The van der Waals surface area contributed by atoms with Crippen LogP contribution in [0.3, 0.4) is 0 Å². The van der Waals surface area contributed by atoms with Crippen molar-refractivity contribution in [2.75, 3.05) is 7.11 Å². The molecule has 2 aromatic carbocycles. The number of rotatable bonds is 6. The molecule has 2 aromatic rings. The number of hydrogen-bond acceptors (Lipinski definition) is 4. The Hall–Kier alpha value is -2.62. The molecule has 0 heterocycles. The second-order valence-electron chi connectivity index (χ2n) is 6.47. The Morgan fingerprint density at radius 1 is 0.875 bits per heavy atom. The van der Waals surface area contributed by atoms with Crippen molar-refractivity contribution in [2.45, 2.75) is 32.8 Å². The van der Waals surface area contributed by atoms with Gasteiger partial charge in [-0.3, -0.25) is 9.59 Å². The van der Waals surface area contributed by atoms with Gasteiger partial charge < -0.3 is 9.47 Å². The number of benzene rings is 2. The van der Waals surface area contributed by atoms with Crippen LogP contribution in [0.25, 0.3) is 0 Å². The van der Waals surface area contributed by atoms with Gasteiger partial charge in [0.25, 0.3) is 0 Å². The summed E-state index contributed by atoms with van der Waals surface area (Å²) in [5.41, 5.74) is 0.541. The second-order valence-corrected chi connectivity index (χ2v) is 6.47. The predicted molar refractivity (Wildman–Crippen MR) is 93.1 cm³/mol. The molecule has 0 amide bonds. The molecule has 0 unspecified atom stereocenters. The molecule has 0 saturated heterocycles. The Morgan fingerprint density at radius 2 is 1.50 bits per heavy atom. The largest absolute Gasteiger partial charge is 0.493 e. The standard InChI is InChI=1S/C20H22O4/c1-20(2,3)24-19-12-15(10-11-18(19)23-4)17(22)13-16(21)14-8-6-5-7-9-14/h5-12H,13H2,1-4H3. The Labute approximate surface area is 142 Å². The van der Waals surface area contributed by atoms with E-state index in [2.05, 4.69) is 0 Å². The lowest BCUT2D eigenvalue weighted by molar-refractivity contribution is 0.0892. The molecule has 4 heteroatoms. The first kappa shape index (κ1) is 17.7. The van der Waals surface area contributed by atoms with E-state index in [1.165, 1.54) is 0 Å². The molecule has 0 atom stereocenters. The fourth-order valence-corrected chi connectivity index (χ4v) is 2.23. The van der Waals surface area contributed by atoms with E-state index in [9.17, 15) is 9.59 Å². The summed E-state index contributed by atoms with van der Waals surface area (Å²) in [6, 6.07) is 13.8. The molecule has 0 saturated carbocycles. The van der Waals surface area contributed by atoms with Crippen LogP contribution in [0.15, 0.2) is 48.5 Å². The van der Waals surface area contributed by atoms with Crippen molar-refractivity contribution in [2.24, 2.45) is 0 Å². The number of ketones is 2.